The summed E-state index contributed by atoms with van der Waals surface area (Å²) in [6.45, 7) is 1.68. The van der Waals surface area contributed by atoms with Crippen LogP contribution in [0.15, 0.2) is 24.3 Å². The number of rotatable bonds is 7. The second-order valence-corrected chi connectivity index (χ2v) is 5.14. The van der Waals surface area contributed by atoms with Crippen molar-refractivity contribution in [1.82, 2.24) is 5.32 Å². The maximum atomic E-state index is 6.01. The molecule has 0 bridgehead atoms. The molecule has 2 nitrogen and oxygen atoms in total. The van der Waals surface area contributed by atoms with Gasteiger partial charge in [-0.05, 0) is 37.1 Å². The zero-order valence-corrected chi connectivity index (χ0v) is 11.0. The van der Waals surface area contributed by atoms with Gasteiger partial charge in [0.05, 0.1) is 6.10 Å². The summed E-state index contributed by atoms with van der Waals surface area (Å²) in [5.41, 5.74) is 1.16. The minimum atomic E-state index is 0.109. The van der Waals surface area contributed by atoms with Crippen LogP contribution in [-0.2, 0) is 4.74 Å². The highest BCUT2D eigenvalue weighted by molar-refractivity contribution is 6.30. The van der Waals surface area contributed by atoms with Crippen molar-refractivity contribution in [3.05, 3.63) is 34.9 Å². The van der Waals surface area contributed by atoms with Crippen molar-refractivity contribution in [2.75, 3.05) is 20.2 Å². The van der Waals surface area contributed by atoms with Crippen molar-refractivity contribution in [3.8, 4) is 0 Å². The molecule has 17 heavy (non-hydrogen) atoms. The molecule has 1 aromatic rings. The average molecular weight is 254 g/mol. The Balaban J connectivity index is 1.89. The Labute approximate surface area is 108 Å². The molecule has 0 spiro atoms. The van der Waals surface area contributed by atoms with Crippen LogP contribution in [0.5, 0.6) is 0 Å². The third kappa shape index (κ3) is 4.30. The maximum Gasteiger partial charge on any atom is 0.0949 e. The minimum Gasteiger partial charge on any atom is -0.372 e. The molecular formula is C14H20ClNO. The molecule has 0 radical (unpaired) electrons. The first kappa shape index (κ1) is 12.9. The fourth-order valence-corrected chi connectivity index (χ4v) is 2.15. The lowest BCUT2D eigenvalue weighted by Gasteiger charge is -2.18. The summed E-state index contributed by atoms with van der Waals surface area (Å²) in [7, 11) is 1.95. The van der Waals surface area contributed by atoms with Gasteiger partial charge in [0.25, 0.3) is 0 Å². The molecule has 0 heterocycles. The first-order chi connectivity index (χ1) is 8.29. The van der Waals surface area contributed by atoms with Gasteiger partial charge in [0, 0.05) is 18.2 Å². The van der Waals surface area contributed by atoms with Gasteiger partial charge in [0.2, 0.25) is 0 Å². The fraction of sp³-hybridized carbons (Fsp3) is 0.571. The van der Waals surface area contributed by atoms with Crippen LogP contribution in [0.3, 0.4) is 0 Å². The van der Waals surface area contributed by atoms with Gasteiger partial charge in [-0.2, -0.15) is 0 Å². The molecule has 0 aliphatic heterocycles. The van der Waals surface area contributed by atoms with Gasteiger partial charge in [-0.25, -0.2) is 0 Å². The van der Waals surface area contributed by atoms with Crippen LogP contribution in [0.2, 0.25) is 5.02 Å². The Bertz CT molecular complexity index is 352. The number of halogens is 1. The molecule has 1 N–H and O–H groups in total. The van der Waals surface area contributed by atoms with E-state index in [0.29, 0.717) is 0 Å². The average Bonchev–Trinajstić information content (AvgIpc) is 3.12. The lowest BCUT2D eigenvalue weighted by Crippen LogP contribution is -2.20. The highest BCUT2D eigenvalue weighted by Crippen LogP contribution is 2.32. The normalized spacial score (nSPS) is 17.1. The number of nitrogens with one attached hydrogen (secondary N) is 1. The number of likely N-dealkylation sites (N-methyl/N-ethyl adjacent to an activating group) is 1. The zero-order valence-electron chi connectivity index (χ0n) is 10.3. The molecule has 1 aliphatic rings. The molecule has 1 unspecified atom stereocenters. The summed E-state index contributed by atoms with van der Waals surface area (Å²) in [5.74, 6) is 0.921. The number of ether oxygens (including phenoxy) is 1. The van der Waals surface area contributed by atoms with Crippen molar-refractivity contribution >= 4 is 11.6 Å². The summed E-state index contributed by atoms with van der Waals surface area (Å²) in [6, 6.07) is 7.93. The maximum absolute atomic E-state index is 6.01. The Kier molecular flexibility index (Phi) is 4.84. The van der Waals surface area contributed by atoms with Crippen LogP contribution in [0.4, 0.5) is 0 Å². The highest BCUT2D eigenvalue weighted by atomic mass is 35.5. The Morgan fingerprint density at radius 1 is 1.47 bits per heavy atom. The molecule has 94 valence electrons. The summed E-state index contributed by atoms with van der Waals surface area (Å²) < 4.78 is 5.95. The number of hydrogen-bond donors (Lipinski definition) is 1. The SMILES string of the molecule is CNCC(OCCC1CC1)c1cccc(Cl)c1. The van der Waals surface area contributed by atoms with E-state index in [1.807, 2.05) is 25.2 Å². The highest BCUT2D eigenvalue weighted by Gasteiger charge is 2.21. The number of hydrogen-bond acceptors (Lipinski definition) is 2. The first-order valence-corrected chi connectivity index (χ1v) is 6.69. The van der Waals surface area contributed by atoms with Crippen LogP contribution >= 0.6 is 11.6 Å². The van der Waals surface area contributed by atoms with Crippen LogP contribution in [-0.4, -0.2) is 20.2 Å². The predicted molar refractivity (Wildman–Crippen MR) is 71.4 cm³/mol. The minimum absolute atomic E-state index is 0.109. The molecule has 0 aromatic heterocycles. The monoisotopic (exact) mass is 253 g/mol. The predicted octanol–water partition coefficient (Wildman–Crippen LogP) is 3.42. The van der Waals surface area contributed by atoms with Gasteiger partial charge in [-0.3, -0.25) is 0 Å². The fourth-order valence-electron chi connectivity index (χ4n) is 1.95. The van der Waals surface area contributed by atoms with Crippen LogP contribution in [0, 0.1) is 5.92 Å². The summed E-state index contributed by atoms with van der Waals surface area (Å²) in [6.07, 6.45) is 4.08. The van der Waals surface area contributed by atoms with Crippen LogP contribution in [0.25, 0.3) is 0 Å². The van der Waals surface area contributed by atoms with Gasteiger partial charge in [-0.15, -0.1) is 0 Å². The molecule has 0 saturated heterocycles. The lowest BCUT2D eigenvalue weighted by molar-refractivity contribution is 0.0499. The largest absolute Gasteiger partial charge is 0.372 e. The van der Waals surface area contributed by atoms with E-state index in [1.165, 1.54) is 19.3 Å². The lowest BCUT2D eigenvalue weighted by atomic mass is 10.1. The van der Waals surface area contributed by atoms with Gasteiger partial charge < -0.3 is 10.1 Å². The molecule has 0 amide bonds. The summed E-state index contributed by atoms with van der Waals surface area (Å²) in [4.78, 5) is 0. The van der Waals surface area contributed by atoms with E-state index in [4.69, 9.17) is 16.3 Å². The van der Waals surface area contributed by atoms with E-state index in [-0.39, 0.29) is 6.10 Å². The third-order valence-electron chi connectivity index (χ3n) is 3.15. The van der Waals surface area contributed by atoms with Crippen molar-refractivity contribution in [2.24, 2.45) is 5.92 Å². The topological polar surface area (TPSA) is 21.3 Å². The quantitative estimate of drug-likeness (QED) is 0.804. The second-order valence-electron chi connectivity index (χ2n) is 4.70. The van der Waals surface area contributed by atoms with E-state index in [1.54, 1.807) is 0 Å². The van der Waals surface area contributed by atoms with Gasteiger partial charge in [-0.1, -0.05) is 36.6 Å². The molecule has 1 atom stereocenters. The van der Waals surface area contributed by atoms with Crippen molar-refractivity contribution < 1.29 is 4.74 Å². The zero-order chi connectivity index (χ0) is 12.1. The Morgan fingerprint density at radius 2 is 2.29 bits per heavy atom. The van der Waals surface area contributed by atoms with E-state index in [9.17, 15) is 0 Å². The molecule has 2 rings (SSSR count). The molecule has 1 fully saturated rings. The molecule has 1 aromatic carbocycles. The molecule has 1 aliphatic carbocycles. The van der Waals surface area contributed by atoms with E-state index < -0.39 is 0 Å². The first-order valence-electron chi connectivity index (χ1n) is 6.31. The van der Waals surface area contributed by atoms with E-state index >= 15 is 0 Å². The summed E-state index contributed by atoms with van der Waals surface area (Å²) in [5, 5.41) is 3.94. The van der Waals surface area contributed by atoms with Crippen LogP contribution in [0.1, 0.15) is 30.9 Å². The summed E-state index contributed by atoms with van der Waals surface area (Å²) >= 11 is 6.01. The number of benzene rings is 1. The Morgan fingerprint density at radius 3 is 2.94 bits per heavy atom. The van der Waals surface area contributed by atoms with Gasteiger partial charge in [0.1, 0.15) is 0 Å². The standard InChI is InChI=1S/C14H20ClNO/c1-16-10-14(17-8-7-11-5-6-11)12-3-2-4-13(15)9-12/h2-4,9,11,14,16H,5-8,10H2,1H3. The molecule has 3 heteroatoms. The molecule has 1 saturated carbocycles. The third-order valence-corrected chi connectivity index (χ3v) is 3.39. The van der Waals surface area contributed by atoms with Gasteiger partial charge in [0.15, 0.2) is 0 Å². The second kappa shape index (κ2) is 6.39. The van der Waals surface area contributed by atoms with Crippen molar-refractivity contribution in [1.29, 1.82) is 0 Å². The van der Waals surface area contributed by atoms with Crippen LogP contribution < -0.4 is 5.32 Å². The van der Waals surface area contributed by atoms with E-state index in [0.717, 1.165) is 29.7 Å². The van der Waals surface area contributed by atoms with Crippen molar-refractivity contribution in [3.63, 3.8) is 0 Å². The van der Waals surface area contributed by atoms with E-state index in [2.05, 4.69) is 11.4 Å². The molecular weight excluding hydrogens is 234 g/mol. The Hall–Kier alpha value is -0.570. The van der Waals surface area contributed by atoms with Gasteiger partial charge >= 0.3 is 0 Å². The van der Waals surface area contributed by atoms with Crippen molar-refractivity contribution in [2.45, 2.75) is 25.4 Å². The smallest absolute Gasteiger partial charge is 0.0949 e.